The van der Waals surface area contributed by atoms with Crippen molar-refractivity contribution >= 4 is 34.5 Å². The second kappa shape index (κ2) is 12.4. The number of nitrogens with zero attached hydrogens (tertiary/aromatic N) is 5. The Morgan fingerprint density at radius 2 is 1.73 bits per heavy atom. The molecule has 0 aliphatic heterocycles. The van der Waals surface area contributed by atoms with Crippen LogP contribution in [0.15, 0.2) is 90.4 Å². The summed E-state index contributed by atoms with van der Waals surface area (Å²) in [5.74, 6) is 2.48. The van der Waals surface area contributed by atoms with Crippen molar-refractivity contribution in [1.29, 1.82) is 0 Å². The van der Waals surface area contributed by atoms with E-state index in [9.17, 15) is 4.79 Å². The van der Waals surface area contributed by atoms with Gasteiger partial charge in [0.25, 0.3) is 5.56 Å². The largest absolute Gasteiger partial charge is 0.493 e. The Morgan fingerprint density at radius 1 is 0.932 bits per heavy atom. The molecule has 6 aromatic rings. The van der Waals surface area contributed by atoms with Gasteiger partial charge in [-0.1, -0.05) is 54.3 Å². The molecule has 0 saturated carbocycles. The molecule has 0 spiro atoms. The molecule has 0 unspecified atom stereocenters. The summed E-state index contributed by atoms with van der Waals surface area (Å²) in [7, 11) is 3.18. The van der Waals surface area contributed by atoms with Gasteiger partial charge in [0.05, 0.1) is 24.4 Å². The zero-order chi connectivity index (χ0) is 30.6. The topological polar surface area (TPSA) is 92.8 Å². The minimum absolute atomic E-state index is 0.244. The number of ether oxygens (including phenoxy) is 3. The van der Waals surface area contributed by atoms with E-state index in [4.69, 9.17) is 19.3 Å². The number of benzene rings is 3. The second-order valence-electron chi connectivity index (χ2n) is 9.82. The Bertz CT molecular complexity index is 2110. The maximum atomic E-state index is 13.4. The molecule has 0 aliphatic carbocycles. The summed E-state index contributed by atoms with van der Waals surface area (Å²) in [5.41, 5.74) is 4.96. The fourth-order valence-electron chi connectivity index (χ4n) is 4.73. The first-order chi connectivity index (χ1) is 21.5. The highest BCUT2D eigenvalue weighted by Gasteiger charge is 2.15. The van der Waals surface area contributed by atoms with Crippen LogP contribution in [0.5, 0.6) is 17.2 Å². The van der Waals surface area contributed by atoms with Crippen LogP contribution in [0.25, 0.3) is 40.1 Å². The molecular weight excluding hydrogens is 574 g/mol. The number of fused-ring (bicyclic) bond motifs is 1. The van der Waals surface area contributed by atoms with Crippen LogP contribution in [-0.4, -0.2) is 45.2 Å². The lowest BCUT2D eigenvalue weighted by molar-refractivity contribution is 0.355. The van der Waals surface area contributed by atoms with E-state index in [1.807, 2.05) is 96.7 Å². The molecule has 6 rings (SSSR count). The number of thiazole rings is 1. The van der Waals surface area contributed by atoms with Crippen molar-refractivity contribution in [2.24, 2.45) is 0 Å². The van der Waals surface area contributed by atoms with Gasteiger partial charge in [0.15, 0.2) is 17.3 Å². The molecule has 0 aliphatic rings. The summed E-state index contributed by atoms with van der Waals surface area (Å²) in [5, 5.41) is 9.35. The Hall–Kier alpha value is -5.48. The third-order valence-corrected chi connectivity index (χ3v) is 7.84. The van der Waals surface area contributed by atoms with E-state index in [1.165, 1.54) is 15.9 Å². The molecule has 44 heavy (non-hydrogen) atoms. The molecule has 3 aromatic carbocycles. The predicted octanol–water partition coefficient (Wildman–Crippen LogP) is 5.61. The molecule has 0 amide bonds. The Balaban J connectivity index is 1.37. The van der Waals surface area contributed by atoms with E-state index in [-0.39, 0.29) is 5.56 Å². The molecule has 0 radical (unpaired) electrons. The summed E-state index contributed by atoms with van der Waals surface area (Å²) in [6.45, 7) is 6.14. The Labute approximate surface area is 257 Å². The van der Waals surface area contributed by atoms with Crippen molar-refractivity contribution in [3.63, 3.8) is 0 Å². The van der Waals surface area contributed by atoms with Crippen LogP contribution in [-0.2, 0) is 0 Å². The summed E-state index contributed by atoms with van der Waals surface area (Å²) >= 11 is 1.28. The maximum absolute atomic E-state index is 13.4. The second-order valence-corrected chi connectivity index (χ2v) is 10.8. The highest BCUT2D eigenvalue weighted by atomic mass is 32.1. The zero-order valence-electron chi connectivity index (χ0n) is 24.4. The van der Waals surface area contributed by atoms with Crippen molar-refractivity contribution in [2.45, 2.75) is 6.92 Å². The fourth-order valence-corrected chi connectivity index (χ4v) is 5.63. The minimum atomic E-state index is -0.244. The molecule has 0 atom stereocenters. The molecule has 10 heteroatoms. The summed E-state index contributed by atoms with van der Waals surface area (Å²) in [4.78, 5) is 18.5. The molecule has 0 bridgehead atoms. The van der Waals surface area contributed by atoms with E-state index in [1.54, 1.807) is 26.4 Å². The molecule has 3 aromatic heterocycles. The van der Waals surface area contributed by atoms with Crippen LogP contribution in [0.3, 0.4) is 0 Å². The SMILES string of the molecule is C=CCOc1ccc(-c2nn(-c3ccccc3)cc2/C=c2\sc3nc(/C=C/c4ccc(OC)c(OC)c4)nn3c2=O)cc1C. The number of hydrogen-bond donors (Lipinski definition) is 0. The first kappa shape index (κ1) is 28.6. The summed E-state index contributed by atoms with van der Waals surface area (Å²) in [6, 6.07) is 21.4. The van der Waals surface area contributed by atoms with Crippen molar-refractivity contribution in [2.75, 3.05) is 20.8 Å². The average molecular weight is 604 g/mol. The predicted molar refractivity (Wildman–Crippen MR) is 174 cm³/mol. The van der Waals surface area contributed by atoms with Gasteiger partial charge in [-0.25, -0.2) is 4.68 Å². The fraction of sp³-hybridized carbons (Fsp3) is 0.118. The molecule has 0 fully saturated rings. The third kappa shape index (κ3) is 5.75. The number of hydrogen-bond acceptors (Lipinski definition) is 8. The summed E-state index contributed by atoms with van der Waals surface area (Å²) < 4.78 is 20.1. The molecule has 3 heterocycles. The lowest BCUT2D eigenvalue weighted by atomic mass is 10.0. The van der Waals surface area contributed by atoms with Gasteiger partial charge < -0.3 is 14.2 Å². The van der Waals surface area contributed by atoms with Crippen LogP contribution >= 0.6 is 11.3 Å². The van der Waals surface area contributed by atoms with Gasteiger partial charge in [0, 0.05) is 17.3 Å². The molecule has 9 nitrogen and oxygen atoms in total. The molecular formula is C34H29N5O4S. The molecule has 0 N–H and O–H groups in total. The standard InChI is InChI=1S/C34H29N5O4S/c1-5-17-43-27-15-13-24(18-22(27)2)32-25(21-38(37-32)26-9-7-6-8-10-26)20-30-33(40)39-34(44-30)35-31(36-39)16-12-23-11-14-28(41-3)29(19-23)42-4/h5-16,18-21H,1,17H2,2-4H3/b16-12+,30-20-. The van der Waals surface area contributed by atoms with Crippen molar-refractivity contribution in [3.8, 4) is 34.2 Å². The smallest absolute Gasteiger partial charge is 0.291 e. The first-order valence-corrected chi connectivity index (χ1v) is 14.6. The lowest BCUT2D eigenvalue weighted by Gasteiger charge is -2.08. The number of methoxy groups -OCH3 is 2. The number of para-hydroxylation sites is 1. The molecule has 220 valence electrons. The lowest BCUT2D eigenvalue weighted by Crippen LogP contribution is -2.23. The quantitative estimate of drug-likeness (QED) is 0.188. The van der Waals surface area contributed by atoms with Crippen LogP contribution in [0.4, 0.5) is 0 Å². The van der Waals surface area contributed by atoms with Crippen molar-refractivity contribution < 1.29 is 14.2 Å². The van der Waals surface area contributed by atoms with Gasteiger partial charge in [0.1, 0.15) is 18.1 Å². The summed E-state index contributed by atoms with van der Waals surface area (Å²) in [6.07, 6.45) is 9.11. The van der Waals surface area contributed by atoms with E-state index < -0.39 is 0 Å². The third-order valence-electron chi connectivity index (χ3n) is 6.89. The maximum Gasteiger partial charge on any atom is 0.291 e. The average Bonchev–Trinajstić information content (AvgIpc) is 3.74. The van der Waals surface area contributed by atoms with Crippen LogP contribution in [0.2, 0.25) is 0 Å². The minimum Gasteiger partial charge on any atom is -0.493 e. The van der Waals surface area contributed by atoms with E-state index in [0.29, 0.717) is 33.4 Å². The van der Waals surface area contributed by atoms with Crippen molar-refractivity contribution in [3.05, 3.63) is 123 Å². The number of aryl methyl sites for hydroxylation is 1. The van der Waals surface area contributed by atoms with Gasteiger partial charge in [-0.05, 0) is 72.7 Å². The van der Waals surface area contributed by atoms with Gasteiger partial charge in [0.2, 0.25) is 4.96 Å². The highest BCUT2D eigenvalue weighted by molar-refractivity contribution is 7.15. The van der Waals surface area contributed by atoms with Gasteiger partial charge in [-0.15, -0.1) is 5.10 Å². The highest BCUT2D eigenvalue weighted by Crippen LogP contribution is 2.30. The number of aromatic nitrogens is 5. The van der Waals surface area contributed by atoms with Gasteiger partial charge in [-0.2, -0.15) is 14.6 Å². The van der Waals surface area contributed by atoms with E-state index in [0.717, 1.165) is 39.4 Å². The van der Waals surface area contributed by atoms with E-state index >= 15 is 0 Å². The van der Waals surface area contributed by atoms with Crippen LogP contribution < -0.4 is 24.3 Å². The number of rotatable bonds is 10. The Morgan fingerprint density at radius 3 is 2.45 bits per heavy atom. The Kier molecular flexibility index (Phi) is 8.07. The van der Waals surface area contributed by atoms with Crippen LogP contribution in [0.1, 0.15) is 22.5 Å². The monoisotopic (exact) mass is 603 g/mol. The van der Waals surface area contributed by atoms with Crippen molar-refractivity contribution in [1.82, 2.24) is 24.4 Å². The van der Waals surface area contributed by atoms with Crippen LogP contribution in [0, 0.1) is 6.92 Å². The van der Waals surface area contributed by atoms with Gasteiger partial charge >= 0.3 is 0 Å². The normalized spacial score (nSPS) is 11.8. The van der Waals surface area contributed by atoms with E-state index in [2.05, 4.69) is 16.7 Å². The zero-order valence-corrected chi connectivity index (χ0v) is 25.2. The first-order valence-electron chi connectivity index (χ1n) is 13.8. The molecule has 0 saturated heterocycles. The van der Waals surface area contributed by atoms with Gasteiger partial charge in [-0.3, -0.25) is 4.79 Å².